The third kappa shape index (κ3) is 2.85. The van der Waals surface area contributed by atoms with Crippen molar-refractivity contribution in [3.63, 3.8) is 0 Å². The van der Waals surface area contributed by atoms with Gasteiger partial charge in [0.05, 0.1) is 5.69 Å². The fourth-order valence-corrected chi connectivity index (χ4v) is 4.05. The first-order chi connectivity index (χ1) is 12.5. The zero-order valence-electron chi connectivity index (χ0n) is 14.7. The zero-order valence-corrected chi connectivity index (χ0v) is 16.3. The summed E-state index contributed by atoms with van der Waals surface area (Å²) in [5.74, 6) is 0.762. The molecule has 2 heterocycles. The van der Waals surface area contributed by atoms with Gasteiger partial charge in [0.25, 0.3) is 5.91 Å². The summed E-state index contributed by atoms with van der Waals surface area (Å²) in [6.45, 7) is 2.41. The Balaban J connectivity index is 1.59. The van der Waals surface area contributed by atoms with Gasteiger partial charge in [-0.1, -0.05) is 45.8 Å². The molecule has 1 amide bonds. The highest BCUT2D eigenvalue weighted by molar-refractivity contribution is 9.10. The van der Waals surface area contributed by atoms with Gasteiger partial charge in [-0.3, -0.25) is 4.79 Å². The maximum atomic E-state index is 13.1. The van der Waals surface area contributed by atoms with Crippen LogP contribution in [0.5, 0.6) is 5.75 Å². The maximum Gasteiger partial charge on any atom is 0.264 e. The second-order valence-corrected chi connectivity index (χ2v) is 7.74. The van der Waals surface area contributed by atoms with E-state index in [0.717, 1.165) is 27.0 Å². The molecule has 4 rings (SSSR count). The summed E-state index contributed by atoms with van der Waals surface area (Å²) in [4.78, 5) is 14.8. The van der Waals surface area contributed by atoms with E-state index < -0.39 is 5.60 Å². The molecule has 0 unspecified atom stereocenters. The molecule has 0 saturated heterocycles. The standard InChI is InChI=1S/C21H20BrNO3/c1-14-11-17(13-25-16-9-7-15(22)8-10-16)26-21(12-14)18-5-3-4-6-19(18)23(2)20(21)24/h3-11,17H,12-13H2,1-2H3/t17-,21+/m0/s1. The molecule has 1 spiro atoms. The lowest BCUT2D eigenvalue weighted by Gasteiger charge is -2.36. The van der Waals surface area contributed by atoms with Crippen molar-refractivity contribution in [2.45, 2.75) is 25.0 Å². The van der Waals surface area contributed by atoms with Crippen LogP contribution in [-0.4, -0.2) is 25.7 Å². The van der Waals surface area contributed by atoms with Gasteiger partial charge in [0.2, 0.25) is 0 Å². The van der Waals surface area contributed by atoms with Crippen molar-refractivity contribution in [1.29, 1.82) is 0 Å². The van der Waals surface area contributed by atoms with Crippen molar-refractivity contribution in [2.75, 3.05) is 18.6 Å². The Morgan fingerprint density at radius 2 is 1.96 bits per heavy atom. The average Bonchev–Trinajstić information content (AvgIpc) is 2.83. The highest BCUT2D eigenvalue weighted by Gasteiger charge is 2.53. The first-order valence-corrected chi connectivity index (χ1v) is 9.40. The number of para-hydroxylation sites is 1. The number of ether oxygens (including phenoxy) is 2. The van der Waals surface area contributed by atoms with Crippen molar-refractivity contribution in [1.82, 2.24) is 0 Å². The zero-order chi connectivity index (χ0) is 18.3. The van der Waals surface area contributed by atoms with Gasteiger partial charge in [-0.05, 0) is 37.3 Å². The first-order valence-electron chi connectivity index (χ1n) is 8.61. The predicted octanol–water partition coefficient (Wildman–Crippen LogP) is 4.44. The molecule has 2 aliphatic heterocycles. The minimum absolute atomic E-state index is 0.0141. The second kappa shape index (κ2) is 6.56. The molecule has 0 aromatic heterocycles. The summed E-state index contributed by atoms with van der Waals surface area (Å²) in [6, 6.07) is 15.5. The molecule has 0 aliphatic carbocycles. The lowest BCUT2D eigenvalue weighted by molar-refractivity contribution is -0.153. The van der Waals surface area contributed by atoms with Crippen molar-refractivity contribution >= 4 is 27.5 Å². The topological polar surface area (TPSA) is 38.8 Å². The number of amides is 1. The van der Waals surface area contributed by atoms with Crippen LogP contribution in [0.3, 0.4) is 0 Å². The van der Waals surface area contributed by atoms with E-state index in [0.29, 0.717) is 13.0 Å². The molecule has 2 aliphatic rings. The van der Waals surface area contributed by atoms with Gasteiger partial charge in [0, 0.05) is 23.5 Å². The average molecular weight is 414 g/mol. The van der Waals surface area contributed by atoms with E-state index in [2.05, 4.69) is 22.0 Å². The van der Waals surface area contributed by atoms with Gasteiger partial charge in [-0.2, -0.15) is 0 Å². The van der Waals surface area contributed by atoms with E-state index >= 15 is 0 Å². The predicted molar refractivity (Wildman–Crippen MR) is 104 cm³/mol. The molecule has 0 N–H and O–H groups in total. The molecule has 0 radical (unpaired) electrons. The van der Waals surface area contributed by atoms with Crippen LogP contribution in [0, 0.1) is 0 Å². The molecule has 0 bridgehead atoms. The summed E-state index contributed by atoms with van der Waals surface area (Å²) in [5.41, 5.74) is 2.05. The van der Waals surface area contributed by atoms with E-state index in [4.69, 9.17) is 9.47 Å². The van der Waals surface area contributed by atoms with Crippen molar-refractivity contribution in [3.8, 4) is 5.75 Å². The highest BCUT2D eigenvalue weighted by Crippen LogP contribution is 2.48. The molecule has 134 valence electrons. The van der Waals surface area contributed by atoms with Crippen LogP contribution >= 0.6 is 15.9 Å². The molecule has 2 aromatic rings. The Hall–Kier alpha value is -2.11. The largest absolute Gasteiger partial charge is 0.491 e. The fourth-order valence-electron chi connectivity index (χ4n) is 3.78. The number of carbonyl (C=O) groups is 1. The minimum atomic E-state index is -0.947. The molecule has 2 atom stereocenters. The van der Waals surface area contributed by atoms with Crippen LogP contribution in [0.4, 0.5) is 5.69 Å². The number of anilines is 1. The molecule has 4 nitrogen and oxygen atoms in total. The lowest BCUT2D eigenvalue weighted by Crippen LogP contribution is -2.46. The van der Waals surface area contributed by atoms with E-state index in [9.17, 15) is 4.79 Å². The van der Waals surface area contributed by atoms with Crippen LogP contribution in [0.15, 0.2) is 64.7 Å². The van der Waals surface area contributed by atoms with E-state index in [1.807, 2.05) is 55.5 Å². The second-order valence-electron chi connectivity index (χ2n) is 6.82. The third-order valence-electron chi connectivity index (χ3n) is 4.93. The minimum Gasteiger partial charge on any atom is -0.491 e. The quantitative estimate of drug-likeness (QED) is 0.698. The SMILES string of the molecule is CC1=C[C@@H](COc2ccc(Br)cc2)O[C@@]2(C1)C(=O)N(C)c1ccccc12. The molecule has 0 saturated carbocycles. The molecule has 2 aromatic carbocycles. The Morgan fingerprint density at radius 1 is 1.23 bits per heavy atom. The Labute approximate surface area is 161 Å². The smallest absolute Gasteiger partial charge is 0.264 e. The van der Waals surface area contributed by atoms with Crippen LogP contribution < -0.4 is 9.64 Å². The number of likely N-dealkylation sites (N-methyl/N-ethyl adjacent to an activating group) is 1. The van der Waals surface area contributed by atoms with Gasteiger partial charge in [-0.25, -0.2) is 0 Å². The van der Waals surface area contributed by atoms with E-state index in [-0.39, 0.29) is 12.0 Å². The summed E-state index contributed by atoms with van der Waals surface area (Å²) in [5, 5.41) is 0. The van der Waals surface area contributed by atoms with Gasteiger partial charge in [0.1, 0.15) is 18.5 Å². The van der Waals surface area contributed by atoms with E-state index in [1.165, 1.54) is 0 Å². The first kappa shape index (κ1) is 17.3. The fraction of sp³-hybridized carbons (Fsp3) is 0.286. The number of nitrogens with zero attached hydrogens (tertiary/aromatic N) is 1. The summed E-state index contributed by atoms with van der Waals surface area (Å²) in [7, 11) is 1.81. The van der Waals surface area contributed by atoms with Gasteiger partial charge >= 0.3 is 0 Å². The third-order valence-corrected chi connectivity index (χ3v) is 5.46. The number of carbonyl (C=O) groups excluding carboxylic acids is 1. The van der Waals surface area contributed by atoms with E-state index in [1.54, 1.807) is 11.9 Å². The van der Waals surface area contributed by atoms with Gasteiger partial charge in [0.15, 0.2) is 5.60 Å². The summed E-state index contributed by atoms with van der Waals surface area (Å²) in [6.07, 6.45) is 2.34. The number of fused-ring (bicyclic) bond motifs is 2. The number of halogens is 1. The number of rotatable bonds is 3. The maximum absolute atomic E-state index is 13.1. The lowest BCUT2D eigenvalue weighted by atomic mass is 9.85. The number of hydrogen-bond donors (Lipinski definition) is 0. The molecular weight excluding hydrogens is 394 g/mol. The summed E-state index contributed by atoms with van der Waals surface area (Å²) < 4.78 is 13.2. The van der Waals surface area contributed by atoms with Crippen molar-refractivity contribution in [3.05, 3.63) is 70.2 Å². The van der Waals surface area contributed by atoms with Gasteiger partial charge < -0.3 is 14.4 Å². The Bertz CT molecular complexity index is 877. The molecule has 0 fully saturated rings. The van der Waals surface area contributed by atoms with Crippen LogP contribution in [0.1, 0.15) is 18.9 Å². The summed E-state index contributed by atoms with van der Waals surface area (Å²) >= 11 is 3.42. The Kier molecular flexibility index (Phi) is 4.37. The van der Waals surface area contributed by atoms with Gasteiger partial charge in [-0.15, -0.1) is 0 Å². The van der Waals surface area contributed by atoms with Crippen molar-refractivity contribution < 1.29 is 14.3 Å². The molecule has 5 heteroatoms. The van der Waals surface area contributed by atoms with Crippen LogP contribution in [0.2, 0.25) is 0 Å². The Morgan fingerprint density at radius 3 is 2.73 bits per heavy atom. The monoisotopic (exact) mass is 413 g/mol. The van der Waals surface area contributed by atoms with Crippen molar-refractivity contribution in [2.24, 2.45) is 0 Å². The number of hydrogen-bond acceptors (Lipinski definition) is 3. The molecule has 26 heavy (non-hydrogen) atoms. The number of benzene rings is 2. The normalized spacial score (nSPS) is 24.6. The molecular formula is C21H20BrNO3. The van der Waals surface area contributed by atoms with Crippen LogP contribution in [-0.2, 0) is 15.1 Å². The highest BCUT2D eigenvalue weighted by atomic mass is 79.9. The van der Waals surface area contributed by atoms with Crippen LogP contribution in [0.25, 0.3) is 0 Å².